The van der Waals surface area contributed by atoms with Gasteiger partial charge in [-0.05, 0) is 68.1 Å². The fourth-order valence-electron chi connectivity index (χ4n) is 6.57. The van der Waals surface area contributed by atoms with E-state index in [-0.39, 0.29) is 37.2 Å². The zero-order valence-electron chi connectivity index (χ0n) is 35.0. The molecule has 14 heteroatoms. The van der Waals surface area contributed by atoms with E-state index in [0.717, 1.165) is 30.4 Å². The summed E-state index contributed by atoms with van der Waals surface area (Å²) in [6, 6.07) is 13.2. The largest absolute Gasteiger partial charge is 0.450 e. The number of ketones is 4. The first kappa shape index (κ1) is 49.6. The number of benzene rings is 2. The van der Waals surface area contributed by atoms with Crippen molar-refractivity contribution in [1.82, 2.24) is 10.6 Å². The molecule has 0 fully saturated rings. The first-order valence-corrected chi connectivity index (χ1v) is 20.7. The summed E-state index contributed by atoms with van der Waals surface area (Å²) in [4.78, 5) is 90.5. The van der Waals surface area contributed by atoms with E-state index in [4.69, 9.17) is 11.5 Å². The van der Waals surface area contributed by atoms with Crippen molar-refractivity contribution in [2.24, 2.45) is 23.3 Å². The Kier molecular flexibility index (Phi) is 22.0. The summed E-state index contributed by atoms with van der Waals surface area (Å²) in [5.41, 5.74) is 14.9. The molecular weight excluding hydrogens is 739 g/mol. The molecule has 8 N–H and O–H groups in total. The quantitative estimate of drug-likeness (QED) is 0.0382. The monoisotopic (exact) mass is 804 g/mol. The second-order valence-electron chi connectivity index (χ2n) is 15.8. The van der Waals surface area contributed by atoms with Crippen molar-refractivity contribution in [3.8, 4) is 11.1 Å². The molecule has 2 aromatic rings. The number of rotatable bonds is 29. The van der Waals surface area contributed by atoms with Crippen LogP contribution in [0.4, 0.5) is 0 Å². The minimum absolute atomic E-state index is 0.0808. The molecule has 3 amide bonds. The predicted octanol–water partition coefficient (Wildman–Crippen LogP) is 4.54. The van der Waals surface area contributed by atoms with E-state index >= 15 is 0 Å². The van der Waals surface area contributed by atoms with Gasteiger partial charge < -0.3 is 32.2 Å². The number of carbonyl (C=O) groups is 7. The Bertz CT molecular complexity index is 1660. The fraction of sp³-hybridized carbons (Fsp3) is 0.568. The summed E-state index contributed by atoms with van der Waals surface area (Å²) < 4.78 is 0. The van der Waals surface area contributed by atoms with Gasteiger partial charge in [-0.15, -0.1) is 0 Å². The third kappa shape index (κ3) is 17.5. The number of nitrogens with one attached hydrogen (secondary N) is 2. The van der Waals surface area contributed by atoms with E-state index < -0.39 is 84.9 Å². The number of carbonyl (C=O) groups excluding carboxylic acids is 7. The number of aliphatic hydroxyl groups is 1. The number of Topliss-reactive ketones (excluding diaryl/α,β-unsaturated/α-hetero) is 4. The van der Waals surface area contributed by atoms with Crippen LogP contribution in [0.3, 0.4) is 0 Å². The average molecular weight is 805 g/mol. The van der Waals surface area contributed by atoms with Crippen LogP contribution >= 0.6 is 0 Å². The molecular formula is C44H65BN4O9. The molecule has 0 heterocycles. The van der Waals surface area contributed by atoms with Crippen LogP contribution in [0.15, 0.2) is 48.5 Å². The smallest absolute Gasteiger partial charge is 0.289 e. The molecule has 0 spiro atoms. The van der Waals surface area contributed by atoms with Gasteiger partial charge in [0.25, 0.3) is 6.92 Å². The van der Waals surface area contributed by atoms with Crippen LogP contribution in [0.2, 0.25) is 12.6 Å². The minimum Gasteiger partial charge on any atom is -0.450 e. The van der Waals surface area contributed by atoms with Crippen LogP contribution in [0.1, 0.15) is 121 Å². The maximum absolute atomic E-state index is 13.5. The van der Waals surface area contributed by atoms with Gasteiger partial charge in [0, 0.05) is 49.5 Å². The molecule has 0 aliphatic carbocycles. The summed E-state index contributed by atoms with van der Waals surface area (Å²) in [5, 5.41) is 25.4. The van der Waals surface area contributed by atoms with Crippen LogP contribution in [-0.4, -0.2) is 82.6 Å². The van der Waals surface area contributed by atoms with Crippen molar-refractivity contribution in [2.75, 3.05) is 6.54 Å². The van der Waals surface area contributed by atoms with Crippen molar-refractivity contribution in [1.29, 1.82) is 0 Å². The summed E-state index contributed by atoms with van der Waals surface area (Å²) in [6.07, 6.45) is 2.88. The molecule has 2 rings (SSSR count). The van der Waals surface area contributed by atoms with Crippen LogP contribution < -0.4 is 22.1 Å². The predicted molar refractivity (Wildman–Crippen MR) is 226 cm³/mol. The van der Waals surface area contributed by atoms with E-state index in [1.807, 2.05) is 12.1 Å². The summed E-state index contributed by atoms with van der Waals surface area (Å²) >= 11 is 0. The lowest BCUT2D eigenvalue weighted by Crippen LogP contribution is -2.51. The second-order valence-corrected chi connectivity index (χ2v) is 15.8. The lowest BCUT2D eigenvalue weighted by atomic mass is 9.58. The molecule has 13 nitrogen and oxygen atoms in total. The molecule has 0 radical (unpaired) electrons. The van der Waals surface area contributed by atoms with E-state index in [1.54, 1.807) is 19.1 Å². The number of hydrogen-bond donors (Lipinski definition) is 6. The number of aryl methyl sites for hydroxylation is 1. The third-order valence-electron chi connectivity index (χ3n) is 10.6. The van der Waals surface area contributed by atoms with Crippen LogP contribution in [0.5, 0.6) is 0 Å². The first-order valence-electron chi connectivity index (χ1n) is 20.7. The highest BCUT2D eigenvalue weighted by atomic mass is 16.3. The standard InChI is InChI=1S/C44H65BN4O9/c1-6-7-11-31-15-17-32(18-16-31)33-19-21-34(22-20-33)38(52)14-10-13-36(51)26-35(12-8-9-23-46)44(57)49-42(30(4)50)40(54)24-28(2)43(56)48-37(27-41(47)55)39(53)25-29(3)45(5)58/h15-22,28-30,35,37,42,50,58H,6-14,23-27,46H2,1-5H3,(H2,47,55)(H,48,56)(H,49,57)/t28-,29-,30?,35-,37+,42+/m1/s1. The number of nitrogens with two attached hydrogens (primary N) is 2. The Morgan fingerprint density at radius 3 is 1.91 bits per heavy atom. The van der Waals surface area contributed by atoms with E-state index in [1.165, 1.54) is 26.2 Å². The number of hydrogen-bond acceptors (Lipinski definition) is 10. The first-order chi connectivity index (χ1) is 27.5. The highest BCUT2D eigenvalue weighted by Crippen LogP contribution is 2.23. The zero-order chi connectivity index (χ0) is 43.4. The third-order valence-corrected chi connectivity index (χ3v) is 10.6. The number of primary amides is 1. The van der Waals surface area contributed by atoms with E-state index in [0.29, 0.717) is 37.8 Å². The van der Waals surface area contributed by atoms with Crippen molar-refractivity contribution >= 4 is 47.8 Å². The van der Waals surface area contributed by atoms with Gasteiger partial charge in [0.15, 0.2) is 17.3 Å². The van der Waals surface area contributed by atoms with Crippen LogP contribution in [0.25, 0.3) is 11.1 Å². The molecule has 0 aromatic heterocycles. The van der Waals surface area contributed by atoms with Crippen molar-refractivity contribution < 1.29 is 43.7 Å². The highest BCUT2D eigenvalue weighted by Gasteiger charge is 2.33. The maximum Gasteiger partial charge on any atom is 0.289 e. The molecule has 0 aliphatic rings. The molecule has 0 bridgehead atoms. The number of aliphatic hydroxyl groups excluding tert-OH is 1. The average Bonchev–Trinajstić information content (AvgIpc) is 3.18. The number of unbranched alkanes of at least 4 members (excludes halogenated alkanes) is 2. The summed E-state index contributed by atoms with van der Waals surface area (Å²) in [7, 11) is 0. The summed E-state index contributed by atoms with van der Waals surface area (Å²) in [6.45, 7) is 7.68. The zero-order valence-corrected chi connectivity index (χ0v) is 35.0. The lowest BCUT2D eigenvalue weighted by Gasteiger charge is -2.25. The van der Waals surface area contributed by atoms with Crippen molar-refractivity contribution in [3.05, 3.63) is 59.7 Å². The van der Waals surface area contributed by atoms with Crippen LogP contribution in [-0.2, 0) is 35.2 Å². The normalized spacial score (nSPS) is 14.3. The van der Waals surface area contributed by atoms with Gasteiger partial charge in [-0.1, -0.05) is 89.0 Å². The van der Waals surface area contributed by atoms with Gasteiger partial charge in [-0.2, -0.15) is 0 Å². The van der Waals surface area contributed by atoms with Gasteiger partial charge in [-0.3, -0.25) is 33.6 Å². The van der Waals surface area contributed by atoms with Gasteiger partial charge in [0.2, 0.25) is 17.7 Å². The van der Waals surface area contributed by atoms with E-state index in [2.05, 4.69) is 41.8 Å². The SMILES string of the molecule is CCCCc1ccc(-c2ccc(C(=O)CCCC(=O)C[C@@H](CCCCN)C(=O)N[C@H](C(=O)C[C@@H](C)C(=O)N[C@@H](CC(N)=O)C(=O)C[C@@H](C)B(C)O)C(C)O)cc2)cc1. The second kappa shape index (κ2) is 25.8. The highest BCUT2D eigenvalue weighted by molar-refractivity contribution is 6.50. The molecule has 1 unspecified atom stereocenters. The molecule has 2 aromatic carbocycles. The molecule has 318 valence electrons. The van der Waals surface area contributed by atoms with Gasteiger partial charge >= 0.3 is 0 Å². The van der Waals surface area contributed by atoms with Gasteiger partial charge in [0.1, 0.15) is 11.8 Å². The Morgan fingerprint density at radius 1 is 0.741 bits per heavy atom. The minimum atomic E-state index is -1.39. The lowest BCUT2D eigenvalue weighted by molar-refractivity contribution is -0.136. The van der Waals surface area contributed by atoms with Gasteiger partial charge in [0.05, 0.1) is 18.6 Å². The molecule has 0 aliphatic heterocycles. The maximum atomic E-state index is 13.5. The van der Waals surface area contributed by atoms with E-state index in [9.17, 15) is 43.7 Å². The van der Waals surface area contributed by atoms with Crippen molar-refractivity contribution in [3.63, 3.8) is 0 Å². The number of amides is 3. The Hall–Kier alpha value is -4.53. The molecule has 58 heavy (non-hydrogen) atoms. The Labute approximate surface area is 344 Å². The van der Waals surface area contributed by atoms with Crippen LogP contribution in [0, 0.1) is 11.8 Å². The Morgan fingerprint density at radius 2 is 1.36 bits per heavy atom. The summed E-state index contributed by atoms with van der Waals surface area (Å²) in [5.74, 6) is -5.86. The molecule has 0 saturated heterocycles. The van der Waals surface area contributed by atoms with Crippen molar-refractivity contribution in [2.45, 2.75) is 142 Å². The Balaban J connectivity index is 1.99. The van der Waals surface area contributed by atoms with Gasteiger partial charge in [-0.25, -0.2) is 0 Å². The fourth-order valence-corrected chi connectivity index (χ4v) is 6.57. The topological polar surface area (TPSA) is 236 Å². The molecule has 0 saturated carbocycles. The molecule has 6 atom stereocenters.